The Balaban J connectivity index is 1.42. The molecule has 31 heavy (non-hydrogen) atoms. The number of carbonyl (C=O) groups excluding carboxylic acids is 1. The van der Waals surface area contributed by atoms with E-state index in [0.717, 1.165) is 59.2 Å². The summed E-state index contributed by atoms with van der Waals surface area (Å²) in [5, 5.41) is 10.9. The van der Waals surface area contributed by atoms with Crippen LogP contribution in [0.4, 0.5) is 5.69 Å². The fourth-order valence-corrected chi connectivity index (χ4v) is 5.02. The average Bonchev–Trinajstić information content (AvgIpc) is 3.36. The number of benzene rings is 2. The van der Waals surface area contributed by atoms with Gasteiger partial charge < -0.3 is 9.80 Å². The maximum absolute atomic E-state index is 12.9. The number of aromatic nitrogens is 2. The zero-order valence-corrected chi connectivity index (χ0v) is 17.8. The Morgan fingerprint density at radius 1 is 1.13 bits per heavy atom. The number of fused-ring (bicyclic) bond motifs is 3. The van der Waals surface area contributed by atoms with Gasteiger partial charge in [0.25, 0.3) is 11.6 Å². The first-order valence-corrected chi connectivity index (χ1v) is 11.0. The van der Waals surface area contributed by atoms with Gasteiger partial charge in [0.1, 0.15) is 0 Å². The molecular weight excluding hydrogens is 414 g/mol. The van der Waals surface area contributed by atoms with Crippen LogP contribution in [0.3, 0.4) is 0 Å². The molecule has 0 aliphatic carbocycles. The summed E-state index contributed by atoms with van der Waals surface area (Å²) < 4.78 is 3.01. The molecule has 1 aliphatic heterocycles. The van der Waals surface area contributed by atoms with E-state index in [9.17, 15) is 14.9 Å². The number of hydrogen-bond donors (Lipinski definition) is 0. The van der Waals surface area contributed by atoms with Crippen molar-refractivity contribution in [2.24, 2.45) is 0 Å². The first-order valence-electron chi connectivity index (χ1n) is 10.2. The number of rotatable bonds is 4. The lowest BCUT2D eigenvalue weighted by Gasteiger charge is -2.34. The standard InChI is InChI=1S/C22H21N5O3S/c1-2-24-9-11-25(12-10-24)21(28)16-5-8-19-20(13-16)31-22-23-18(14-26(19)22)15-3-6-17(7-4-15)27(29)30/h3-8,13-14H,2,9-12H2,1H3. The zero-order chi connectivity index (χ0) is 21.5. The lowest BCUT2D eigenvalue weighted by Crippen LogP contribution is -2.48. The zero-order valence-electron chi connectivity index (χ0n) is 17.0. The van der Waals surface area contributed by atoms with Crippen molar-refractivity contribution in [3.05, 3.63) is 64.3 Å². The molecule has 0 unspecified atom stereocenters. The highest BCUT2D eigenvalue weighted by molar-refractivity contribution is 7.23. The topological polar surface area (TPSA) is 84.0 Å². The second-order valence-corrected chi connectivity index (χ2v) is 8.60. The fourth-order valence-electron chi connectivity index (χ4n) is 3.98. The molecule has 8 nitrogen and oxygen atoms in total. The Bertz CT molecular complexity index is 1290. The lowest BCUT2D eigenvalue weighted by molar-refractivity contribution is -0.384. The molecule has 158 valence electrons. The molecule has 0 saturated carbocycles. The van der Waals surface area contributed by atoms with Gasteiger partial charge in [0.05, 0.1) is 20.8 Å². The quantitative estimate of drug-likeness (QED) is 0.359. The van der Waals surface area contributed by atoms with E-state index in [-0.39, 0.29) is 11.6 Å². The molecule has 0 spiro atoms. The van der Waals surface area contributed by atoms with E-state index in [2.05, 4.69) is 16.8 Å². The van der Waals surface area contributed by atoms with E-state index < -0.39 is 4.92 Å². The van der Waals surface area contributed by atoms with Crippen molar-refractivity contribution in [1.29, 1.82) is 0 Å². The molecule has 4 aromatic rings. The summed E-state index contributed by atoms with van der Waals surface area (Å²) in [5.74, 6) is 0.0789. The summed E-state index contributed by atoms with van der Waals surface area (Å²) in [4.78, 5) is 33.2. The largest absolute Gasteiger partial charge is 0.336 e. The van der Waals surface area contributed by atoms with E-state index in [4.69, 9.17) is 0 Å². The molecule has 2 aromatic heterocycles. The molecule has 1 fully saturated rings. The number of thiazole rings is 1. The van der Waals surface area contributed by atoms with Gasteiger partial charge in [0.2, 0.25) is 0 Å². The first-order chi connectivity index (χ1) is 15.0. The molecule has 5 rings (SSSR count). The summed E-state index contributed by atoms with van der Waals surface area (Å²) in [5.41, 5.74) is 3.35. The highest BCUT2D eigenvalue weighted by Gasteiger charge is 2.22. The number of nitrogens with zero attached hydrogens (tertiary/aromatic N) is 5. The molecule has 0 radical (unpaired) electrons. The maximum Gasteiger partial charge on any atom is 0.269 e. The molecule has 2 aromatic carbocycles. The number of carbonyl (C=O) groups is 1. The molecule has 1 saturated heterocycles. The number of nitro benzene ring substituents is 1. The Morgan fingerprint density at radius 2 is 1.87 bits per heavy atom. The van der Waals surface area contributed by atoms with Crippen LogP contribution in [0.25, 0.3) is 26.4 Å². The van der Waals surface area contributed by atoms with E-state index in [1.807, 2.05) is 33.7 Å². The van der Waals surface area contributed by atoms with Gasteiger partial charge in [0.15, 0.2) is 4.96 Å². The summed E-state index contributed by atoms with van der Waals surface area (Å²) in [6, 6.07) is 12.2. The van der Waals surface area contributed by atoms with Crippen molar-refractivity contribution in [3.63, 3.8) is 0 Å². The van der Waals surface area contributed by atoms with E-state index in [0.29, 0.717) is 5.56 Å². The number of non-ortho nitro benzene ring substituents is 1. The number of imidazole rings is 1. The van der Waals surface area contributed by atoms with Gasteiger partial charge >= 0.3 is 0 Å². The number of hydrogen-bond acceptors (Lipinski definition) is 6. The third-order valence-electron chi connectivity index (χ3n) is 5.82. The van der Waals surface area contributed by atoms with Crippen LogP contribution < -0.4 is 0 Å². The monoisotopic (exact) mass is 435 g/mol. The predicted molar refractivity (Wildman–Crippen MR) is 121 cm³/mol. The summed E-state index contributed by atoms with van der Waals surface area (Å²) in [6.07, 6.45) is 1.93. The van der Waals surface area contributed by atoms with Crippen LogP contribution in [0.15, 0.2) is 48.7 Å². The Morgan fingerprint density at radius 3 is 2.55 bits per heavy atom. The predicted octanol–water partition coefficient (Wildman–Crippen LogP) is 3.90. The SMILES string of the molecule is CCN1CCN(C(=O)c2ccc3c(c2)sc2nc(-c4ccc([N+](=O)[O-])cc4)cn23)CC1. The third kappa shape index (κ3) is 3.55. The van der Waals surface area contributed by atoms with Crippen LogP contribution in [-0.4, -0.2) is 62.7 Å². The molecule has 9 heteroatoms. The van der Waals surface area contributed by atoms with Gasteiger partial charge in [-0.2, -0.15) is 0 Å². The summed E-state index contributed by atoms with van der Waals surface area (Å²) >= 11 is 1.53. The van der Waals surface area contributed by atoms with E-state index >= 15 is 0 Å². The fraction of sp³-hybridized carbons (Fsp3) is 0.273. The molecule has 1 amide bonds. The van der Waals surface area contributed by atoms with Crippen LogP contribution in [0.5, 0.6) is 0 Å². The van der Waals surface area contributed by atoms with Crippen molar-refractivity contribution >= 4 is 38.1 Å². The van der Waals surface area contributed by atoms with Crippen LogP contribution in [-0.2, 0) is 0 Å². The van der Waals surface area contributed by atoms with Gasteiger partial charge in [-0.15, -0.1) is 0 Å². The normalized spacial score (nSPS) is 15.1. The van der Waals surface area contributed by atoms with Gasteiger partial charge in [-0.05, 0) is 36.9 Å². The Hall–Kier alpha value is -3.30. The molecule has 0 atom stereocenters. The van der Waals surface area contributed by atoms with Crippen LogP contribution >= 0.6 is 11.3 Å². The Labute approximate surface area is 182 Å². The van der Waals surface area contributed by atoms with Crippen molar-refractivity contribution in [2.45, 2.75) is 6.92 Å². The molecule has 0 bridgehead atoms. The second kappa shape index (κ2) is 7.75. The number of nitro groups is 1. The Kier molecular flexibility index (Phi) is 4.91. The molecular formula is C22H21N5O3S. The minimum absolute atomic E-state index is 0.0588. The highest BCUT2D eigenvalue weighted by Crippen LogP contribution is 2.31. The molecule has 1 aliphatic rings. The van der Waals surface area contributed by atoms with Crippen LogP contribution in [0.1, 0.15) is 17.3 Å². The number of amides is 1. The minimum Gasteiger partial charge on any atom is -0.336 e. The van der Waals surface area contributed by atoms with Gasteiger partial charge in [-0.1, -0.05) is 18.3 Å². The first kappa shape index (κ1) is 19.7. The average molecular weight is 436 g/mol. The van der Waals surface area contributed by atoms with Gasteiger partial charge in [-0.25, -0.2) is 4.98 Å². The van der Waals surface area contributed by atoms with E-state index in [1.54, 1.807) is 12.1 Å². The van der Waals surface area contributed by atoms with Gasteiger partial charge in [0, 0.05) is 55.6 Å². The smallest absolute Gasteiger partial charge is 0.269 e. The van der Waals surface area contributed by atoms with E-state index in [1.165, 1.54) is 23.5 Å². The van der Waals surface area contributed by atoms with Gasteiger partial charge in [-0.3, -0.25) is 19.3 Å². The lowest BCUT2D eigenvalue weighted by atomic mass is 10.1. The highest BCUT2D eigenvalue weighted by atomic mass is 32.1. The molecule has 0 N–H and O–H groups in total. The van der Waals surface area contributed by atoms with Crippen LogP contribution in [0.2, 0.25) is 0 Å². The number of likely N-dealkylation sites (N-methyl/N-ethyl adjacent to an activating group) is 1. The van der Waals surface area contributed by atoms with Crippen molar-refractivity contribution in [1.82, 2.24) is 19.2 Å². The second-order valence-electron chi connectivity index (χ2n) is 7.59. The summed E-state index contributed by atoms with van der Waals surface area (Å²) in [6.45, 7) is 6.52. The van der Waals surface area contributed by atoms with Crippen molar-refractivity contribution < 1.29 is 9.72 Å². The maximum atomic E-state index is 12.9. The van der Waals surface area contributed by atoms with Crippen molar-refractivity contribution in [2.75, 3.05) is 32.7 Å². The molecule has 3 heterocycles. The van der Waals surface area contributed by atoms with Crippen LogP contribution in [0, 0.1) is 10.1 Å². The number of piperazine rings is 1. The summed E-state index contributed by atoms with van der Waals surface area (Å²) in [7, 11) is 0. The third-order valence-corrected chi connectivity index (χ3v) is 6.84. The van der Waals surface area contributed by atoms with Crippen molar-refractivity contribution in [3.8, 4) is 11.3 Å². The minimum atomic E-state index is -0.411.